The van der Waals surface area contributed by atoms with Gasteiger partial charge < -0.3 is 19.7 Å². The molecule has 8 heteroatoms. The van der Waals surface area contributed by atoms with Crippen molar-refractivity contribution in [3.63, 3.8) is 0 Å². The molecule has 3 aromatic heterocycles. The van der Waals surface area contributed by atoms with Gasteiger partial charge in [0.25, 0.3) is 0 Å². The number of nitrogens with one attached hydrogen (secondary N) is 1. The van der Waals surface area contributed by atoms with E-state index in [1.807, 2.05) is 37.4 Å². The van der Waals surface area contributed by atoms with E-state index in [4.69, 9.17) is 14.5 Å². The molecular weight excluding hydrogens is 356 g/mol. The molecule has 4 heterocycles. The summed E-state index contributed by atoms with van der Waals surface area (Å²) in [6, 6.07) is 9.60. The average molecular weight is 378 g/mol. The summed E-state index contributed by atoms with van der Waals surface area (Å²) in [4.78, 5) is 20.0. The molecule has 1 aliphatic rings. The summed E-state index contributed by atoms with van der Waals surface area (Å²) >= 11 is 0. The molecule has 8 nitrogen and oxygen atoms in total. The first-order chi connectivity index (χ1) is 13.8. The van der Waals surface area contributed by atoms with Gasteiger partial charge >= 0.3 is 0 Å². The first-order valence-electron chi connectivity index (χ1n) is 9.19. The van der Waals surface area contributed by atoms with Crippen molar-refractivity contribution >= 4 is 11.8 Å². The number of ether oxygens (including phenoxy) is 2. The van der Waals surface area contributed by atoms with Crippen LogP contribution in [0.2, 0.25) is 0 Å². The first-order valence-corrected chi connectivity index (χ1v) is 9.19. The Bertz CT molecular complexity index is 898. The number of rotatable bonds is 6. The standard InChI is InChI=1S/C20H22N6O2/c1-21-18-5-4-16(13-23-18)17-11-19(28-14-15-3-2-6-22-12-15)25-20(24-17)26-7-9-27-10-8-26/h2-6,11-13H,7-10,14H2,1H3,(H,21,23). The number of hydrogen-bond donors (Lipinski definition) is 1. The first kappa shape index (κ1) is 18.1. The molecule has 1 fully saturated rings. The fraction of sp³-hybridized carbons (Fsp3) is 0.300. The van der Waals surface area contributed by atoms with E-state index in [1.165, 1.54) is 0 Å². The average Bonchev–Trinajstić information content (AvgIpc) is 2.79. The van der Waals surface area contributed by atoms with E-state index in [2.05, 4.69) is 25.2 Å². The molecule has 0 unspecified atom stereocenters. The fourth-order valence-electron chi connectivity index (χ4n) is 2.87. The quantitative estimate of drug-likeness (QED) is 0.700. The molecule has 0 bridgehead atoms. The highest BCUT2D eigenvalue weighted by molar-refractivity contribution is 5.62. The third-order valence-corrected chi connectivity index (χ3v) is 4.41. The van der Waals surface area contributed by atoms with Crippen LogP contribution in [-0.2, 0) is 11.3 Å². The molecule has 1 saturated heterocycles. The van der Waals surface area contributed by atoms with E-state index >= 15 is 0 Å². The number of pyridine rings is 2. The predicted octanol–water partition coefficient (Wildman–Crippen LogP) is 2.39. The minimum Gasteiger partial charge on any atom is -0.473 e. The molecule has 0 spiro atoms. The van der Waals surface area contributed by atoms with E-state index in [9.17, 15) is 0 Å². The molecule has 0 radical (unpaired) electrons. The maximum absolute atomic E-state index is 5.95. The van der Waals surface area contributed by atoms with Crippen LogP contribution in [0.5, 0.6) is 5.88 Å². The van der Waals surface area contributed by atoms with Crippen LogP contribution in [0.3, 0.4) is 0 Å². The lowest BCUT2D eigenvalue weighted by atomic mass is 10.2. The lowest BCUT2D eigenvalue weighted by molar-refractivity contribution is 0.122. The van der Waals surface area contributed by atoms with Gasteiger partial charge in [-0.2, -0.15) is 4.98 Å². The number of nitrogens with zero attached hydrogens (tertiary/aromatic N) is 5. The number of hydrogen-bond acceptors (Lipinski definition) is 8. The highest BCUT2D eigenvalue weighted by atomic mass is 16.5. The Morgan fingerprint density at radius 3 is 2.75 bits per heavy atom. The lowest BCUT2D eigenvalue weighted by Crippen LogP contribution is -2.37. The van der Waals surface area contributed by atoms with E-state index in [0.717, 1.165) is 35.7 Å². The molecule has 28 heavy (non-hydrogen) atoms. The normalized spacial score (nSPS) is 14.0. The molecule has 0 amide bonds. The Hall–Kier alpha value is -3.26. The molecule has 0 atom stereocenters. The van der Waals surface area contributed by atoms with Crippen molar-refractivity contribution in [3.8, 4) is 17.1 Å². The van der Waals surface area contributed by atoms with Crippen LogP contribution in [0.15, 0.2) is 48.9 Å². The van der Waals surface area contributed by atoms with E-state index in [1.54, 1.807) is 18.6 Å². The van der Waals surface area contributed by atoms with Gasteiger partial charge in [-0.3, -0.25) is 4.98 Å². The summed E-state index contributed by atoms with van der Waals surface area (Å²) in [5, 5.41) is 3.02. The van der Waals surface area contributed by atoms with Crippen molar-refractivity contribution in [2.45, 2.75) is 6.61 Å². The summed E-state index contributed by atoms with van der Waals surface area (Å²) in [6.07, 6.45) is 5.32. The zero-order chi connectivity index (χ0) is 19.2. The van der Waals surface area contributed by atoms with Crippen molar-refractivity contribution in [1.29, 1.82) is 0 Å². The summed E-state index contributed by atoms with van der Waals surface area (Å²) in [7, 11) is 1.84. The Morgan fingerprint density at radius 2 is 2.04 bits per heavy atom. The molecule has 1 N–H and O–H groups in total. The fourth-order valence-corrected chi connectivity index (χ4v) is 2.87. The van der Waals surface area contributed by atoms with Gasteiger partial charge in [0.1, 0.15) is 12.4 Å². The van der Waals surface area contributed by atoms with E-state index in [-0.39, 0.29) is 0 Å². The molecule has 1 aliphatic heterocycles. The van der Waals surface area contributed by atoms with Crippen LogP contribution >= 0.6 is 0 Å². The van der Waals surface area contributed by atoms with E-state index in [0.29, 0.717) is 31.6 Å². The second-order valence-electron chi connectivity index (χ2n) is 6.32. The molecule has 144 valence electrons. The minimum absolute atomic E-state index is 0.393. The summed E-state index contributed by atoms with van der Waals surface area (Å²) < 4.78 is 11.4. The molecule has 4 rings (SSSR count). The Morgan fingerprint density at radius 1 is 1.14 bits per heavy atom. The zero-order valence-corrected chi connectivity index (χ0v) is 15.7. The van der Waals surface area contributed by atoms with Gasteiger partial charge in [0.15, 0.2) is 0 Å². The molecule has 0 aromatic carbocycles. The molecular formula is C20H22N6O2. The highest BCUT2D eigenvalue weighted by Gasteiger charge is 2.17. The number of morpholine rings is 1. The molecule has 0 aliphatic carbocycles. The van der Waals surface area contributed by atoms with Gasteiger partial charge in [-0.1, -0.05) is 6.07 Å². The minimum atomic E-state index is 0.393. The van der Waals surface area contributed by atoms with Crippen LogP contribution in [0, 0.1) is 0 Å². The third kappa shape index (κ3) is 4.34. The maximum Gasteiger partial charge on any atom is 0.229 e. The van der Waals surface area contributed by atoms with Gasteiger partial charge in [0.2, 0.25) is 11.8 Å². The Kier molecular flexibility index (Phi) is 5.58. The maximum atomic E-state index is 5.95. The van der Waals surface area contributed by atoms with Crippen LogP contribution < -0.4 is 15.0 Å². The van der Waals surface area contributed by atoms with Crippen molar-refractivity contribution < 1.29 is 9.47 Å². The second-order valence-corrected chi connectivity index (χ2v) is 6.32. The van der Waals surface area contributed by atoms with Crippen molar-refractivity contribution in [2.24, 2.45) is 0 Å². The molecule has 0 saturated carbocycles. The van der Waals surface area contributed by atoms with Crippen molar-refractivity contribution in [2.75, 3.05) is 43.6 Å². The lowest BCUT2D eigenvalue weighted by Gasteiger charge is -2.27. The largest absolute Gasteiger partial charge is 0.473 e. The van der Waals surface area contributed by atoms with Crippen LogP contribution in [0.25, 0.3) is 11.3 Å². The third-order valence-electron chi connectivity index (χ3n) is 4.41. The van der Waals surface area contributed by atoms with E-state index < -0.39 is 0 Å². The number of anilines is 2. The summed E-state index contributed by atoms with van der Waals surface area (Å²) in [5.41, 5.74) is 2.66. The van der Waals surface area contributed by atoms with Crippen LogP contribution in [0.4, 0.5) is 11.8 Å². The highest BCUT2D eigenvalue weighted by Crippen LogP contribution is 2.25. The SMILES string of the molecule is CNc1ccc(-c2cc(OCc3cccnc3)nc(N3CCOCC3)n2)cn1. The zero-order valence-electron chi connectivity index (χ0n) is 15.7. The topological polar surface area (TPSA) is 85.3 Å². The summed E-state index contributed by atoms with van der Waals surface area (Å²) in [6.45, 7) is 3.23. The smallest absolute Gasteiger partial charge is 0.229 e. The van der Waals surface area contributed by atoms with Crippen LogP contribution in [-0.4, -0.2) is 53.3 Å². The van der Waals surface area contributed by atoms with Crippen molar-refractivity contribution in [3.05, 3.63) is 54.5 Å². The Labute approximate surface area is 163 Å². The van der Waals surface area contributed by atoms with Gasteiger partial charge in [-0.15, -0.1) is 0 Å². The summed E-state index contributed by atoms with van der Waals surface area (Å²) in [5.74, 6) is 1.96. The molecule has 3 aromatic rings. The van der Waals surface area contributed by atoms with Gasteiger partial charge in [0, 0.05) is 55.9 Å². The monoisotopic (exact) mass is 378 g/mol. The van der Waals surface area contributed by atoms with Crippen LogP contribution in [0.1, 0.15) is 5.56 Å². The number of aromatic nitrogens is 4. The van der Waals surface area contributed by atoms with Gasteiger partial charge in [-0.25, -0.2) is 9.97 Å². The van der Waals surface area contributed by atoms with Gasteiger partial charge in [0.05, 0.1) is 18.9 Å². The second kappa shape index (κ2) is 8.62. The van der Waals surface area contributed by atoms with Crippen molar-refractivity contribution in [1.82, 2.24) is 19.9 Å². The Balaban J connectivity index is 1.63. The predicted molar refractivity (Wildman–Crippen MR) is 106 cm³/mol. The van der Waals surface area contributed by atoms with Gasteiger partial charge in [-0.05, 0) is 18.2 Å².